The number of hydrogen-bond donors (Lipinski definition) is 2. The molecule has 14 heavy (non-hydrogen) atoms. The summed E-state index contributed by atoms with van der Waals surface area (Å²) in [6.07, 6.45) is 1.21. The van der Waals surface area contributed by atoms with Crippen molar-refractivity contribution in [2.75, 3.05) is 11.1 Å². The molecule has 0 unspecified atom stereocenters. The van der Waals surface area contributed by atoms with Gasteiger partial charge in [-0.2, -0.15) is 0 Å². The maximum Gasteiger partial charge on any atom is 0.0832 e. The zero-order valence-electron chi connectivity index (χ0n) is 8.16. The van der Waals surface area contributed by atoms with E-state index in [1.54, 1.807) is 0 Å². The normalized spacial score (nSPS) is 24.4. The first-order valence-electron chi connectivity index (χ1n) is 4.84. The van der Waals surface area contributed by atoms with Gasteiger partial charge in [0.25, 0.3) is 0 Å². The van der Waals surface area contributed by atoms with Gasteiger partial charge in [0.05, 0.1) is 16.4 Å². The van der Waals surface area contributed by atoms with E-state index < -0.39 is 0 Å². The number of rotatable bonds is 2. The molecule has 0 amide bonds. The number of hydrogen-bond acceptors (Lipinski definition) is 2. The van der Waals surface area contributed by atoms with E-state index in [1.807, 2.05) is 24.3 Å². The summed E-state index contributed by atoms with van der Waals surface area (Å²) in [5.41, 5.74) is 7.48. The predicted molar refractivity (Wildman–Crippen MR) is 64.3 cm³/mol. The van der Waals surface area contributed by atoms with Crippen LogP contribution >= 0.6 is 12.2 Å². The van der Waals surface area contributed by atoms with Gasteiger partial charge in [-0.1, -0.05) is 31.3 Å². The molecule has 3 N–H and O–H groups in total. The van der Waals surface area contributed by atoms with Crippen LogP contribution in [0.2, 0.25) is 0 Å². The maximum absolute atomic E-state index is 5.80. The van der Waals surface area contributed by atoms with Gasteiger partial charge in [-0.25, -0.2) is 0 Å². The summed E-state index contributed by atoms with van der Waals surface area (Å²) >= 11 is 5.29. The summed E-state index contributed by atoms with van der Waals surface area (Å²) in [5, 5.41) is 3.21. The number of nitrogens with two attached hydrogens (primary N) is 1. The molecule has 1 aliphatic carbocycles. The van der Waals surface area contributed by atoms with Gasteiger partial charge in [-0.15, -0.1) is 0 Å². The van der Waals surface area contributed by atoms with Crippen LogP contribution < -0.4 is 11.1 Å². The Morgan fingerprint density at radius 1 is 1.50 bits per heavy atom. The van der Waals surface area contributed by atoms with Crippen LogP contribution in [0.5, 0.6) is 0 Å². The lowest BCUT2D eigenvalue weighted by molar-refractivity contribution is 0.931. The van der Waals surface area contributed by atoms with E-state index in [4.69, 9.17) is 18.0 Å². The van der Waals surface area contributed by atoms with Gasteiger partial charge in [0.1, 0.15) is 0 Å². The summed E-state index contributed by atoms with van der Waals surface area (Å²) in [4.78, 5) is 0.926. The fourth-order valence-corrected chi connectivity index (χ4v) is 1.96. The number of thiocarbonyl (C=S) groups is 1. The van der Waals surface area contributed by atoms with Crippen LogP contribution in [0.15, 0.2) is 24.3 Å². The number of nitrogens with one attached hydrogen (secondary N) is 1. The Morgan fingerprint density at radius 3 is 2.71 bits per heavy atom. The Hall–Kier alpha value is -1.09. The Labute approximate surface area is 89.5 Å². The highest BCUT2D eigenvalue weighted by Gasteiger charge is 2.36. The quantitative estimate of drug-likeness (QED) is 0.577. The molecular weight excluding hydrogens is 192 g/mol. The third kappa shape index (κ3) is 1.87. The molecule has 1 saturated carbocycles. The number of para-hydroxylation sites is 2. The van der Waals surface area contributed by atoms with Crippen LogP contribution in [0.25, 0.3) is 0 Å². The lowest BCUT2D eigenvalue weighted by Crippen LogP contribution is -2.13. The van der Waals surface area contributed by atoms with Gasteiger partial charge >= 0.3 is 0 Å². The van der Waals surface area contributed by atoms with Crippen molar-refractivity contribution in [1.29, 1.82) is 0 Å². The minimum Gasteiger partial charge on any atom is -0.397 e. The van der Waals surface area contributed by atoms with Crippen LogP contribution in [0.1, 0.15) is 13.3 Å². The molecular formula is C11H14N2S. The fourth-order valence-electron chi connectivity index (χ4n) is 1.52. The molecule has 1 aromatic carbocycles. The first-order valence-corrected chi connectivity index (χ1v) is 5.24. The van der Waals surface area contributed by atoms with Crippen LogP contribution in [-0.2, 0) is 0 Å². The monoisotopic (exact) mass is 206 g/mol. The lowest BCUT2D eigenvalue weighted by Gasteiger charge is -2.09. The van der Waals surface area contributed by atoms with Crippen LogP contribution in [0.4, 0.5) is 11.4 Å². The zero-order chi connectivity index (χ0) is 10.1. The second kappa shape index (κ2) is 3.58. The predicted octanol–water partition coefficient (Wildman–Crippen LogP) is 2.66. The molecule has 3 heteroatoms. The standard InChI is InChI=1S/C11H14N2S/c1-7-6-8(7)11(14)13-10-5-3-2-4-9(10)12/h2-5,7-8H,6,12H2,1H3,(H,13,14)/t7-,8+/m0/s1. The largest absolute Gasteiger partial charge is 0.397 e. The highest BCUT2D eigenvalue weighted by atomic mass is 32.1. The van der Waals surface area contributed by atoms with Crippen molar-refractivity contribution >= 4 is 28.6 Å². The number of benzene rings is 1. The van der Waals surface area contributed by atoms with E-state index in [2.05, 4.69) is 12.2 Å². The molecule has 0 radical (unpaired) electrons. The summed E-state index contributed by atoms with van der Waals surface area (Å²) in [7, 11) is 0. The van der Waals surface area contributed by atoms with Gasteiger partial charge in [-0.05, 0) is 24.5 Å². The van der Waals surface area contributed by atoms with Gasteiger partial charge in [-0.3, -0.25) is 0 Å². The van der Waals surface area contributed by atoms with E-state index in [-0.39, 0.29) is 0 Å². The van der Waals surface area contributed by atoms with Gasteiger partial charge in [0.2, 0.25) is 0 Å². The van der Waals surface area contributed by atoms with Crippen molar-refractivity contribution in [2.24, 2.45) is 11.8 Å². The summed E-state index contributed by atoms with van der Waals surface area (Å²) in [6, 6.07) is 7.71. The fraction of sp³-hybridized carbons (Fsp3) is 0.364. The SMILES string of the molecule is C[C@H]1C[C@H]1C(=S)Nc1ccccc1N. The molecule has 0 heterocycles. The molecule has 1 fully saturated rings. The average molecular weight is 206 g/mol. The molecule has 1 aliphatic rings. The first-order chi connectivity index (χ1) is 6.68. The van der Waals surface area contributed by atoms with E-state index in [1.165, 1.54) is 6.42 Å². The second-order valence-electron chi connectivity index (χ2n) is 3.90. The third-order valence-corrected chi connectivity index (χ3v) is 3.07. The Morgan fingerprint density at radius 2 is 2.14 bits per heavy atom. The van der Waals surface area contributed by atoms with Crippen LogP contribution in [0.3, 0.4) is 0 Å². The van der Waals surface area contributed by atoms with Gasteiger partial charge < -0.3 is 11.1 Å². The summed E-state index contributed by atoms with van der Waals surface area (Å²) < 4.78 is 0. The highest BCUT2D eigenvalue weighted by molar-refractivity contribution is 7.80. The topological polar surface area (TPSA) is 38.0 Å². The molecule has 0 spiro atoms. The second-order valence-corrected chi connectivity index (χ2v) is 4.34. The molecule has 0 bridgehead atoms. The third-order valence-electron chi connectivity index (χ3n) is 2.66. The van der Waals surface area contributed by atoms with Crippen LogP contribution in [-0.4, -0.2) is 4.99 Å². The van der Waals surface area contributed by atoms with Crippen molar-refractivity contribution in [3.05, 3.63) is 24.3 Å². The van der Waals surface area contributed by atoms with E-state index in [0.29, 0.717) is 5.92 Å². The highest BCUT2D eigenvalue weighted by Crippen LogP contribution is 2.39. The Balaban J connectivity index is 2.04. The van der Waals surface area contributed by atoms with Crippen molar-refractivity contribution < 1.29 is 0 Å². The minimum atomic E-state index is 0.560. The maximum atomic E-state index is 5.80. The average Bonchev–Trinajstić information content (AvgIpc) is 2.87. The van der Waals surface area contributed by atoms with E-state index >= 15 is 0 Å². The Kier molecular flexibility index (Phi) is 2.42. The number of anilines is 2. The summed E-state index contributed by atoms with van der Waals surface area (Å²) in [5.74, 6) is 1.30. The molecule has 1 aromatic rings. The number of nitrogen functional groups attached to an aromatic ring is 1. The molecule has 74 valence electrons. The van der Waals surface area contributed by atoms with E-state index in [9.17, 15) is 0 Å². The minimum absolute atomic E-state index is 0.560. The molecule has 0 saturated heterocycles. The summed E-state index contributed by atoms with van der Waals surface area (Å²) in [6.45, 7) is 2.22. The van der Waals surface area contributed by atoms with Crippen molar-refractivity contribution in [3.63, 3.8) is 0 Å². The van der Waals surface area contributed by atoms with Gasteiger partial charge in [0.15, 0.2) is 0 Å². The Bertz CT molecular complexity index is 362. The van der Waals surface area contributed by atoms with Gasteiger partial charge in [0, 0.05) is 5.92 Å². The van der Waals surface area contributed by atoms with Crippen LogP contribution in [0, 0.1) is 11.8 Å². The van der Waals surface area contributed by atoms with E-state index in [0.717, 1.165) is 22.3 Å². The van der Waals surface area contributed by atoms with Crippen molar-refractivity contribution in [1.82, 2.24) is 0 Å². The smallest absolute Gasteiger partial charge is 0.0832 e. The zero-order valence-corrected chi connectivity index (χ0v) is 8.97. The van der Waals surface area contributed by atoms with Crippen molar-refractivity contribution in [2.45, 2.75) is 13.3 Å². The molecule has 2 rings (SSSR count). The molecule has 2 atom stereocenters. The lowest BCUT2D eigenvalue weighted by atomic mass is 10.2. The first kappa shape index (κ1) is 9.46. The molecule has 0 aliphatic heterocycles. The molecule has 2 nitrogen and oxygen atoms in total. The van der Waals surface area contributed by atoms with Crippen molar-refractivity contribution in [3.8, 4) is 0 Å². The molecule has 0 aromatic heterocycles.